The van der Waals surface area contributed by atoms with Gasteiger partial charge in [-0.1, -0.05) is 11.6 Å². The molecule has 1 fully saturated rings. The number of likely N-dealkylation sites (tertiary alicyclic amines) is 1. The van der Waals surface area contributed by atoms with E-state index >= 15 is 0 Å². The Balaban J connectivity index is 2.05. The standard InChI is InChI=1S/C18H29N5O2/c1-5-19-17(24)16-11-14(12-22(16)10-8-13(3)4)21-18(25)15-7-9-20-23(15)6-2/h7-9,14,16H,5-6,10-12H2,1-4H3,(H,19,24)(H,21,25)/t14-,16-/m0/s1. The number of rotatable bonds is 7. The molecule has 0 unspecified atom stereocenters. The number of carbonyl (C=O) groups is 2. The second kappa shape index (κ2) is 8.80. The Hall–Kier alpha value is -2.15. The summed E-state index contributed by atoms with van der Waals surface area (Å²) in [6, 6.07) is 1.46. The van der Waals surface area contributed by atoms with Crippen LogP contribution >= 0.6 is 0 Å². The number of hydrogen-bond donors (Lipinski definition) is 2. The summed E-state index contributed by atoms with van der Waals surface area (Å²) < 4.78 is 1.67. The molecule has 1 aliphatic heterocycles. The number of allylic oxidation sites excluding steroid dienone is 1. The Morgan fingerprint density at radius 1 is 1.36 bits per heavy atom. The summed E-state index contributed by atoms with van der Waals surface area (Å²) in [5.41, 5.74) is 1.77. The van der Waals surface area contributed by atoms with Crippen LogP contribution in [0, 0.1) is 0 Å². The Kier molecular flexibility index (Phi) is 6.75. The number of likely N-dealkylation sites (N-methyl/N-ethyl adjacent to an activating group) is 1. The molecule has 1 aromatic rings. The SMILES string of the molecule is CCNC(=O)[C@@H]1C[C@H](NC(=O)c2ccnn2CC)CN1CC=C(C)C. The van der Waals surface area contributed by atoms with Crippen molar-refractivity contribution in [1.82, 2.24) is 25.3 Å². The number of aromatic nitrogens is 2. The third-order valence-electron chi connectivity index (χ3n) is 4.38. The number of nitrogens with one attached hydrogen (secondary N) is 2. The summed E-state index contributed by atoms with van der Waals surface area (Å²) in [6.45, 7) is 10.6. The van der Waals surface area contributed by atoms with Crippen molar-refractivity contribution in [3.8, 4) is 0 Å². The van der Waals surface area contributed by atoms with Gasteiger partial charge in [-0.05, 0) is 40.2 Å². The molecule has 138 valence electrons. The van der Waals surface area contributed by atoms with E-state index in [2.05, 4.69) is 26.7 Å². The minimum atomic E-state index is -0.211. The maximum absolute atomic E-state index is 12.5. The maximum Gasteiger partial charge on any atom is 0.269 e. The molecular formula is C18H29N5O2. The number of hydrogen-bond acceptors (Lipinski definition) is 4. The molecule has 7 nitrogen and oxygen atoms in total. The smallest absolute Gasteiger partial charge is 0.269 e. The average molecular weight is 347 g/mol. The molecule has 0 aliphatic carbocycles. The van der Waals surface area contributed by atoms with E-state index in [1.54, 1.807) is 16.9 Å². The van der Waals surface area contributed by atoms with Gasteiger partial charge in [-0.3, -0.25) is 19.2 Å². The molecule has 0 spiro atoms. The number of amides is 2. The fourth-order valence-electron chi connectivity index (χ4n) is 3.11. The van der Waals surface area contributed by atoms with E-state index in [1.165, 1.54) is 5.57 Å². The van der Waals surface area contributed by atoms with Crippen LogP contribution in [0.15, 0.2) is 23.9 Å². The molecular weight excluding hydrogens is 318 g/mol. The summed E-state index contributed by atoms with van der Waals surface area (Å²) in [4.78, 5) is 27.0. The molecule has 0 bridgehead atoms. The molecule has 0 radical (unpaired) electrons. The van der Waals surface area contributed by atoms with Gasteiger partial charge in [-0.2, -0.15) is 5.10 Å². The second-order valence-electron chi connectivity index (χ2n) is 6.58. The highest BCUT2D eigenvalue weighted by Crippen LogP contribution is 2.19. The minimum Gasteiger partial charge on any atom is -0.355 e. The largest absolute Gasteiger partial charge is 0.355 e. The predicted molar refractivity (Wildman–Crippen MR) is 97.2 cm³/mol. The van der Waals surface area contributed by atoms with E-state index in [0.29, 0.717) is 38.3 Å². The summed E-state index contributed by atoms with van der Waals surface area (Å²) in [5, 5.41) is 10.1. The van der Waals surface area contributed by atoms with Crippen LogP contribution in [0.3, 0.4) is 0 Å². The lowest BCUT2D eigenvalue weighted by Gasteiger charge is -2.21. The highest BCUT2D eigenvalue weighted by atomic mass is 16.2. The van der Waals surface area contributed by atoms with Crippen LogP contribution in [-0.4, -0.2) is 58.2 Å². The molecule has 0 aromatic carbocycles. The maximum atomic E-state index is 12.5. The van der Waals surface area contributed by atoms with Gasteiger partial charge in [-0.15, -0.1) is 0 Å². The van der Waals surface area contributed by atoms with E-state index in [1.807, 2.05) is 27.7 Å². The number of aryl methyl sites for hydroxylation is 1. The number of carbonyl (C=O) groups excluding carboxylic acids is 2. The third-order valence-corrected chi connectivity index (χ3v) is 4.38. The molecule has 25 heavy (non-hydrogen) atoms. The van der Waals surface area contributed by atoms with E-state index in [9.17, 15) is 9.59 Å². The van der Waals surface area contributed by atoms with Crippen molar-refractivity contribution in [2.24, 2.45) is 0 Å². The van der Waals surface area contributed by atoms with Crippen LogP contribution in [-0.2, 0) is 11.3 Å². The normalized spacial score (nSPS) is 20.3. The highest BCUT2D eigenvalue weighted by Gasteiger charge is 2.36. The van der Waals surface area contributed by atoms with Gasteiger partial charge in [0.2, 0.25) is 5.91 Å². The highest BCUT2D eigenvalue weighted by molar-refractivity contribution is 5.92. The van der Waals surface area contributed by atoms with Crippen LogP contribution in [0.25, 0.3) is 0 Å². The monoisotopic (exact) mass is 347 g/mol. The fourth-order valence-corrected chi connectivity index (χ4v) is 3.11. The first-order chi connectivity index (χ1) is 12.0. The first-order valence-corrected chi connectivity index (χ1v) is 8.94. The van der Waals surface area contributed by atoms with Gasteiger partial charge >= 0.3 is 0 Å². The lowest BCUT2D eigenvalue weighted by Crippen LogP contribution is -2.43. The van der Waals surface area contributed by atoms with E-state index in [4.69, 9.17) is 0 Å². The van der Waals surface area contributed by atoms with Crippen LogP contribution in [0.5, 0.6) is 0 Å². The molecule has 2 N–H and O–H groups in total. The van der Waals surface area contributed by atoms with Crippen molar-refractivity contribution in [3.63, 3.8) is 0 Å². The Labute approximate surface area is 149 Å². The molecule has 1 saturated heterocycles. The predicted octanol–water partition coefficient (Wildman–Crippen LogP) is 1.18. The van der Waals surface area contributed by atoms with Gasteiger partial charge < -0.3 is 10.6 Å². The minimum absolute atomic E-state index is 0.0278. The van der Waals surface area contributed by atoms with Crippen molar-refractivity contribution in [2.45, 2.75) is 52.7 Å². The molecule has 0 saturated carbocycles. The summed E-state index contributed by atoms with van der Waals surface area (Å²) >= 11 is 0. The van der Waals surface area contributed by atoms with Gasteiger partial charge in [0, 0.05) is 38.4 Å². The lowest BCUT2D eigenvalue weighted by molar-refractivity contribution is -0.125. The number of nitrogens with zero attached hydrogens (tertiary/aromatic N) is 3. The Bertz CT molecular complexity index is 633. The van der Waals surface area contributed by atoms with Gasteiger partial charge in [0.25, 0.3) is 5.91 Å². The van der Waals surface area contributed by atoms with Crippen molar-refractivity contribution >= 4 is 11.8 Å². The first kappa shape index (κ1) is 19.2. The van der Waals surface area contributed by atoms with Crippen molar-refractivity contribution in [2.75, 3.05) is 19.6 Å². The third kappa shape index (κ3) is 4.92. The zero-order chi connectivity index (χ0) is 18.4. The van der Waals surface area contributed by atoms with Gasteiger partial charge in [0.1, 0.15) is 5.69 Å². The van der Waals surface area contributed by atoms with E-state index in [0.717, 1.165) is 0 Å². The fraction of sp³-hybridized carbons (Fsp3) is 0.611. The summed E-state index contributed by atoms with van der Waals surface area (Å²) in [5.74, 6) is -0.108. The van der Waals surface area contributed by atoms with Crippen molar-refractivity contribution in [3.05, 3.63) is 29.6 Å². The topological polar surface area (TPSA) is 79.3 Å². The van der Waals surface area contributed by atoms with E-state index < -0.39 is 0 Å². The van der Waals surface area contributed by atoms with Crippen molar-refractivity contribution < 1.29 is 9.59 Å². The molecule has 1 aromatic heterocycles. The zero-order valence-corrected chi connectivity index (χ0v) is 15.6. The van der Waals surface area contributed by atoms with Crippen LogP contribution < -0.4 is 10.6 Å². The zero-order valence-electron chi connectivity index (χ0n) is 15.6. The lowest BCUT2D eigenvalue weighted by atomic mass is 10.1. The average Bonchev–Trinajstić information content (AvgIpc) is 3.19. The molecule has 7 heteroatoms. The van der Waals surface area contributed by atoms with Crippen LogP contribution in [0.1, 0.15) is 44.6 Å². The first-order valence-electron chi connectivity index (χ1n) is 8.94. The molecule has 2 amide bonds. The quantitative estimate of drug-likeness (QED) is 0.726. The van der Waals surface area contributed by atoms with Crippen molar-refractivity contribution in [1.29, 1.82) is 0 Å². The Morgan fingerprint density at radius 2 is 2.12 bits per heavy atom. The molecule has 1 aliphatic rings. The Morgan fingerprint density at radius 3 is 2.76 bits per heavy atom. The van der Waals surface area contributed by atoms with Gasteiger partial charge in [0.15, 0.2) is 0 Å². The van der Waals surface area contributed by atoms with Gasteiger partial charge in [-0.25, -0.2) is 0 Å². The molecule has 2 rings (SSSR count). The van der Waals surface area contributed by atoms with E-state index in [-0.39, 0.29) is 23.9 Å². The molecule has 2 atom stereocenters. The summed E-state index contributed by atoms with van der Waals surface area (Å²) in [6.07, 6.45) is 4.36. The second-order valence-corrected chi connectivity index (χ2v) is 6.58. The van der Waals surface area contributed by atoms with Gasteiger partial charge in [0.05, 0.1) is 6.04 Å². The summed E-state index contributed by atoms with van der Waals surface area (Å²) in [7, 11) is 0. The molecule has 2 heterocycles. The van der Waals surface area contributed by atoms with Crippen LogP contribution in [0.4, 0.5) is 0 Å². The van der Waals surface area contributed by atoms with Crippen LogP contribution in [0.2, 0.25) is 0 Å².